The maximum atomic E-state index is 12.3. The van der Waals surface area contributed by atoms with Crippen LogP contribution in [-0.4, -0.2) is 23.9 Å². The fraction of sp³-hybridized carbons (Fsp3) is 0.562. The lowest BCUT2D eigenvalue weighted by atomic mass is 9.99. The van der Waals surface area contributed by atoms with Crippen molar-refractivity contribution in [2.24, 2.45) is 5.92 Å². The van der Waals surface area contributed by atoms with E-state index in [1.54, 1.807) is 0 Å². The Morgan fingerprint density at radius 3 is 2.63 bits per heavy atom. The summed E-state index contributed by atoms with van der Waals surface area (Å²) in [4.78, 5) is 14.2. The minimum atomic E-state index is -0.0549. The van der Waals surface area contributed by atoms with E-state index < -0.39 is 0 Å². The van der Waals surface area contributed by atoms with Crippen LogP contribution in [0.25, 0.3) is 0 Å². The quantitative estimate of drug-likeness (QED) is 0.906. The Morgan fingerprint density at radius 2 is 2.05 bits per heavy atom. The minimum Gasteiger partial charge on any atom is -0.325 e. The predicted molar refractivity (Wildman–Crippen MR) is 77.8 cm³/mol. The standard InChI is InChI=1S/C16H24N2O/c1-6-11(3)14-16(19)18(5)15(17-14)13-8-7-10(2)9-12(13)4/h7-9,11,14-15,17H,6H2,1-5H3. The second kappa shape index (κ2) is 5.33. The van der Waals surface area contributed by atoms with Gasteiger partial charge in [0.2, 0.25) is 5.91 Å². The lowest BCUT2D eigenvalue weighted by Gasteiger charge is -2.22. The molecule has 1 N–H and O–H groups in total. The lowest BCUT2D eigenvalue weighted by molar-refractivity contribution is -0.129. The summed E-state index contributed by atoms with van der Waals surface area (Å²) in [5.41, 5.74) is 3.70. The predicted octanol–water partition coefficient (Wildman–Crippen LogP) is 2.78. The zero-order valence-electron chi connectivity index (χ0n) is 12.5. The molecule has 0 bridgehead atoms. The smallest absolute Gasteiger partial charge is 0.241 e. The van der Waals surface area contributed by atoms with Gasteiger partial charge in [-0.15, -0.1) is 0 Å². The molecule has 0 spiro atoms. The van der Waals surface area contributed by atoms with E-state index in [0.29, 0.717) is 5.92 Å². The van der Waals surface area contributed by atoms with Crippen molar-refractivity contribution in [1.82, 2.24) is 10.2 Å². The van der Waals surface area contributed by atoms with E-state index in [-0.39, 0.29) is 18.1 Å². The molecule has 1 amide bonds. The Labute approximate surface area is 116 Å². The van der Waals surface area contributed by atoms with Crippen molar-refractivity contribution in [1.29, 1.82) is 0 Å². The molecule has 3 heteroatoms. The van der Waals surface area contributed by atoms with Crippen LogP contribution in [0.15, 0.2) is 18.2 Å². The van der Waals surface area contributed by atoms with Crippen LogP contribution in [0, 0.1) is 19.8 Å². The van der Waals surface area contributed by atoms with E-state index >= 15 is 0 Å². The van der Waals surface area contributed by atoms with Crippen molar-refractivity contribution < 1.29 is 4.79 Å². The second-order valence-corrected chi connectivity index (χ2v) is 5.74. The Morgan fingerprint density at radius 1 is 1.37 bits per heavy atom. The van der Waals surface area contributed by atoms with E-state index in [9.17, 15) is 4.79 Å². The van der Waals surface area contributed by atoms with E-state index in [2.05, 4.69) is 51.2 Å². The summed E-state index contributed by atoms with van der Waals surface area (Å²) in [6.45, 7) is 8.46. The molecule has 104 valence electrons. The average Bonchev–Trinajstić information content (AvgIpc) is 2.66. The van der Waals surface area contributed by atoms with E-state index in [0.717, 1.165) is 6.42 Å². The van der Waals surface area contributed by atoms with Gasteiger partial charge in [0.15, 0.2) is 0 Å². The highest BCUT2D eigenvalue weighted by Crippen LogP contribution is 2.29. The number of rotatable bonds is 3. The van der Waals surface area contributed by atoms with Gasteiger partial charge in [-0.2, -0.15) is 0 Å². The van der Waals surface area contributed by atoms with Crippen molar-refractivity contribution in [2.45, 2.75) is 46.3 Å². The summed E-state index contributed by atoms with van der Waals surface area (Å²) >= 11 is 0. The van der Waals surface area contributed by atoms with Gasteiger partial charge >= 0.3 is 0 Å². The number of benzene rings is 1. The molecule has 2 rings (SSSR count). The molecule has 0 aliphatic carbocycles. The molecule has 1 aromatic rings. The fourth-order valence-corrected chi connectivity index (χ4v) is 2.77. The third-order valence-electron chi connectivity index (χ3n) is 4.27. The van der Waals surface area contributed by atoms with Crippen LogP contribution in [0.5, 0.6) is 0 Å². The number of hydrogen-bond acceptors (Lipinski definition) is 2. The number of carbonyl (C=O) groups excluding carboxylic acids is 1. The maximum Gasteiger partial charge on any atom is 0.241 e. The Bertz CT molecular complexity index is 484. The molecular weight excluding hydrogens is 236 g/mol. The Balaban J connectivity index is 2.29. The molecule has 1 heterocycles. The van der Waals surface area contributed by atoms with E-state index in [1.165, 1.54) is 16.7 Å². The number of aryl methyl sites for hydroxylation is 2. The van der Waals surface area contributed by atoms with Crippen LogP contribution >= 0.6 is 0 Å². The lowest BCUT2D eigenvalue weighted by Crippen LogP contribution is -2.35. The van der Waals surface area contributed by atoms with Crippen LogP contribution in [0.2, 0.25) is 0 Å². The Hall–Kier alpha value is -1.35. The summed E-state index contributed by atoms with van der Waals surface area (Å²) in [5, 5.41) is 3.49. The Kier molecular flexibility index (Phi) is 3.95. The first-order valence-corrected chi connectivity index (χ1v) is 7.05. The van der Waals surface area contributed by atoms with Gasteiger partial charge in [0.25, 0.3) is 0 Å². The van der Waals surface area contributed by atoms with Crippen LogP contribution in [0.3, 0.4) is 0 Å². The van der Waals surface area contributed by atoms with Crippen LogP contribution in [0.4, 0.5) is 0 Å². The topological polar surface area (TPSA) is 32.3 Å². The van der Waals surface area contributed by atoms with Crippen molar-refractivity contribution in [2.75, 3.05) is 7.05 Å². The van der Waals surface area contributed by atoms with Crippen molar-refractivity contribution in [3.8, 4) is 0 Å². The molecule has 1 saturated heterocycles. The van der Waals surface area contributed by atoms with Crippen LogP contribution in [0.1, 0.15) is 43.1 Å². The summed E-state index contributed by atoms with van der Waals surface area (Å²) in [6, 6.07) is 6.36. The number of carbonyl (C=O) groups is 1. The maximum absolute atomic E-state index is 12.3. The van der Waals surface area contributed by atoms with Crippen LogP contribution < -0.4 is 5.32 Å². The molecule has 1 fully saturated rings. The van der Waals surface area contributed by atoms with Gasteiger partial charge in [0, 0.05) is 7.05 Å². The number of hydrogen-bond donors (Lipinski definition) is 1. The highest BCUT2D eigenvalue weighted by Gasteiger charge is 2.39. The van der Waals surface area contributed by atoms with Gasteiger partial charge < -0.3 is 4.90 Å². The largest absolute Gasteiger partial charge is 0.325 e. The second-order valence-electron chi connectivity index (χ2n) is 5.74. The first-order chi connectivity index (χ1) is 8.95. The fourth-order valence-electron chi connectivity index (χ4n) is 2.77. The molecule has 3 atom stereocenters. The molecule has 0 aromatic heterocycles. The number of likely N-dealkylation sites (N-methyl/N-ethyl adjacent to an activating group) is 1. The summed E-state index contributed by atoms with van der Waals surface area (Å²) in [6.07, 6.45) is 1.02. The zero-order valence-corrected chi connectivity index (χ0v) is 12.5. The van der Waals surface area contributed by atoms with Crippen LogP contribution in [-0.2, 0) is 4.79 Å². The average molecular weight is 260 g/mol. The highest BCUT2D eigenvalue weighted by atomic mass is 16.2. The molecule has 19 heavy (non-hydrogen) atoms. The third kappa shape index (κ3) is 2.52. The van der Waals surface area contributed by atoms with Gasteiger partial charge in [0.05, 0.1) is 6.04 Å². The first-order valence-electron chi connectivity index (χ1n) is 7.05. The molecule has 1 aliphatic heterocycles. The minimum absolute atomic E-state index is 0.00657. The molecule has 1 aromatic carbocycles. The molecule has 0 radical (unpaired) electrons. The van der Waals surface area contributed by atoms with Gasteiger partial charge in [-0.3, -0.25) is 10.1 Å². The van der Waals surface area contributed by atoms with Crippen molar-refractivity contribution in [3.05, 3.63) is 34.9 Å². The molecular formula is C16H24N2O. The monoisotopic (exact) mass is 260 g/mol. The number of amides is 1. The van der Waals surface area contributed by atoms with Crippen molar-refractivity contribution >= 4 is 5.91 Å². The van der Waals surface area contributed by atoms with Gasteiger partial charge in [-0.25, -0.2) is 0 Å². The highest BCUT2D eigenvalue weighted by molar-refractivity contribution is 5.84. The zero-order chi connectivity index (χ0) is 14.2. The van der Waals surface area contributed by atoms with E-state index in [4.69, 9.17) is 0 Å². The normalized spacial score (nSPS) is 24.9. The summed E-state index contributed by atoms with van der Waals surface area (Å²) in [5.74, 6) is 0.574. The van der Waals surface area contributed by atoms with Gasteiger partial charge in [-0.1, -0.05) is 44.0 Å². The number of nitrogens with one attached hydrogen (secondary N) is 1. The molecule has 3 nitrogen and oxygen atoms in total. The van der Waals surface area contributed by atoms with Gasteiger partial charge in [0.1, 0.15) is 6.17 Å². The molecule has 1 aliphatic rings. The SMILES string of the molecule is CCC(C)C1NC(c2ccc(C)cc2C)N(C)C1=O. The third-order valence-corrected chi connectivity index (χ3v) is 4.27. The van der Waals surface area contributed by atoms with Gasteiger partial charge in [-0.05, 0) is 30.9 Å². The molecule has 3 unspecified atom stereocenters. The van der Waals surface area contributed by atoms with E-state index in [1.807, 2.05) is 11.9 Å². The van der Waals surface area contributed by atoms with Crippen molar-refractivity contribution in [3.63, 3.8) is 0 Å². The first kappa shape index (κ1) is 14.1. The molecule has 0 saturated carbocycles. The summed E-state index contributed by atoms with van der Waals surface area (Å²) < 4.78 is 0. The number of nitrogens with zero attached hydrogens (tertiary/aromatic N) is 1. The summed E-state index contributed by atoms with van der Waals surface area (Å²) in [7, 11) is 1.89.